The highest BCUT2D eigenvalue weighted by Crippen LogP contribution is 2.13. The number of aliphatic hydroxyl groups is 1. The molecule has 0 radical (unpaired) electrons. The van der Waals surface area contributed by atoms with Crippen molar-refractivity contribution >= 4 is 21.8 Å². The molecule has 0 amide bonds. The molecule has 1 aromatic heterocycles. The fourth-order valence-electron chi connectivity index (χ4n) is 1.21. The van der Waals surface area contributed by atoms with E-state index in [1.807, 2.05) is 6.26 Å². The maximum absolute atomic E-state index is 11.8. The first-order valence-electron chi connectivity index (χ1n) is 4.66. The van der Waals surface area contributed by atoms with E-state index in [0.717, 1.165) is 0 Å². The third-order valence-corrected chi connectivity index (χ3v) is 4.80. The minimum atomic E-state index is -3.57. The second-order valence-electron chi connectivity index (χ2n) is 3.29. The summed E-state index contributed by atoms with van der Waals surface area (Å²) in [6, 6.07) is 1.02. The van der Waals surface area contributed by atoms with E-state index in [-0.39, 0.29) is 22.9 Å². The van der Waals surface area contributed by atoms with Crippen LogP contribution in [0.2, 0.25) is 0 Å². The van der Waals surface area contributed by atoms with Gasteiger partial charge < -0.3 is 5.11 Å². The number of hydrogen-bond donors (Lipinski definition) is 3. The van der Waals surface area contributed by atoms with Crippen molar-refractivity contribution in [1.82, 2.24) is 14.9 Å². The van der Waals surface area contributed by atoms with E-state index in [0.29, 0.717) is 0 Å². The van der Waals surface area contributed by atoms with Gasteiger partial charge in [0.15, 0.2) is 5.03 Å². The third-order valence-electron chi connectivity index (χ3n) is 2.15. The van der Waals surface area contributed by atoms with Gasteiger partial charge >= 0.3 is 0 Å². The molecular weight excluding hydrogens is 250 g/mol. The van der Waals surface area contributed by atoms with Gasteiger partial charge in [0.2, 0.25) is 0 Å². The summed E-state index contributed by atoms with van der Waals surface area (Å²) in [5.74, 6) is 0. The van der Waals surface area contributed by atoms with Crippen LogP contribution in [-0.4, -0.2) is 47.9 Å². The van der Waals surface area contributed by atoms with E-state index >= 15 is 0 Å². The number of thioether (sulfide) groups is 1. The third kappa shape index (κ3) is 3.21. The second kappa shape index (κ2) is 5.67. The number of rotatable bonds is 6. The average molecular weight is 265 g/mol. The molecule has 1 rings (SSSR count). The first-order valence-corrected chi connectivity index (χ1v) is 7.43. The molecular formula is C8H15N3O3S2. The molecule has 8 heteroatoms. The van der Waals surface area contributed by atoms with Gasteiger partial charge in [0.1, 0.15) is 0 Å². The molecule has 2 atom stereocenters. The topological polar surface area (TPSA) is 95.1 Å². The predicted molar refractivity (Wildman–Crippen MR) is 62.8 cm³/mol. The van der Waals surface area contributed by atoms with Crippen LogP contribution in [0.1, 0.15) is 6.92 Å². The van der Waals surface area contributed by atoms with Crippen LogP contribution in [0.5, 0.6) is 0 Å². The molecule has 0 saturated heterocycles. The van der Waals surface area contributed by atoms with E-state index < -0.39 is 10.0 Å². The monoisotopic (exact) mass is 265 g/mol. The Balaban J connectivity index is 2.74. The number of aliphatic hydroxyl groups excluding tert-OH is 1. The zero-order valence-electron chi connectivity index (χ0n) is 9.04. The van der Waals surface area contributed by atoms with Gasteiger partial charge in [-0.15, -0.1) is 0 Å². The summed E-state index contributed by atoms with van der Waals surface area (Å²) in [6.45, 7) is 1.64. The molecule has 0 aliphatic carbocycles. The largest absolute Gasteiger partial charge is 0.395 e. The van der Waals surface area contributed by atoms with Crippen molar-refractivity contribution in [3.05, 3.63) is 12.3 Å². The fraction of sp³-hybridized carbons (Fsp3) is 0.625. The summed E-state index contributed by atoms with van der Waals surface area (Å²) in [4.78, 5) is 0. The predicted octanol–water partition coefficient (Wildman–Crippen LogP) is -0.200. The van der Waals surface area contributed by atoms with Crippen molar-refractivity contribution in [2.45, 2.75) is 23.2 Å². The van der Waals surface area contributed by atoms with Crippen LogP contribution in [-0.2, 0) is 10.0 Å². The van der Waals surface area contributed by atoms with Crippen molar-refractivity contribution < 1.29 is 13.5 Å². The molecule has 0 aliphatic heterocycles. The Bertz CT molecular complexity index is 400. The van der Waals surface area contributed by atoms with Crippen molar-refractivity contribution in [3.8, 4) is 0 Å². The molecule has 0 fully saturated rings. The summed E-state index contributed by atoms with van der Waals surface area (Å²) >= 11 is 1.41. The van der Waals surface area contributed by atoms with E-state index in [1.165, 1.54) is 24.0 Å². The lowest BCUT2D eigenvalue weighted by molar-refractivity contribution is 0.282. The first-order chi connectivity index (χ1) is 7.51. The molecule has 0 aromatic carbocycles. The van der Waals surface area contributed by atoms with Crippen molar-refractivity contribution in [1.29, 1.82) is 0 Å². The molecule has 3 N–H and O–H groups in total. The Labute approximate surface area is 98.9 Å². The number of sulfonamides is 1. The zero-order valence-corrected chi connectivity index (χ0v) is 10.7. The fourth-order valence-corrected chi connectivity index (χ4v) is 3.12. The SMILES string of the molecule is CSC(CO)C(C)NS(=O)(=O)c1ccn[nH]1. The average Bonchev–Trinajstić information content (AvgIpc) is 2.71. The summed E-state index contributed by atoms with van der Waals surface area (Å²) in [5.41, 5.74) is 0. The van der Waals surface area contributed by atoms with Crippen LogP contribution in [0.4, 0.5) is 0 Å². The maximum Gasteiger partial charge on any atom is 0.257 e. The van der Waals surface area contributed by atoms with Crippen LogP contribution in [0.3, 0.4) is 0 Å². The molecule has 1 aromatic rings. The molecule has 0 aliphatic rings. The molecule has 0 bridgehead atoms. The highest BCUT2D eigenvalue weighted by Gasteiger charge is 2.23. The highest BCUT2D eigenvalue weighted by molar-refractivity contribution is 7.99. The molecule has 0 spiro atoms. The molecule has 2 unspecified atom stereocenters. The van der Waals surface area contributed by atoms with Crippen LogP contribution < -0.4 is 4.72 Å². The van der Waals surface area contributed by atoms with Crippen molar-refractivity contribution in [3.63, 3.8) is 0 Å². The van der Waals surface area contributed by atoms with E-state index in [4.69, 9.17) is 5.11 Å². The minimum absolute atomic E-state index is 0.0251. The molecule has 16 heavy (non-hydrogen) atoms. The quantitative estimate of drug-likeness (QED) is 0.662. The van der Waals surface area contributed by atoms with E-state index in [1.54, 1.807) is 6.92 Å². The minimum Gasteiger partial charge on any atom is -0.395 e. The lowest BCUT2D eigenvalue weighted by atomic mass is 10.3. The van der Waals surface area contributed by atoms with Gasteiger partial charge in [0.25, 0.3) is 10.0 Å². The number of nitrogens with one attached hydrogen (secondary N) is 2. The summed E-state index contributed by atoms with van der Waals surface area (Å²) in [7, 11) is -3.57. The Morgan fingerprint density at radius 3 is 2.81 bits per heavy atom. The van der Waals surface area contributed by atoms with Crippen LogP contribution >= 0.6 is 11.8 Å². The van der Waals surface area contributed by atoms with Crippen LogP contribution in [0.15, 0.2) is 17.3 Å². The first kappa shape index (κ1) is 13.5. The van der Waals surface area contributed by atoms with Gasteiger partial charge in [-0.25, -0.2) is 13.1 Å². The zero-order chi connectivity index (χ0) is 12.2. The Kier molecular flexibility index (Phi) is 4.78. The molecule has 6 nitrogen and oxygen atoms in total. The lowest BCUT2D eigenvalue weighted by Gasteiger charge is -2.20. The van der Waals surface area contributed by atoms with Gasteiger partial charge in [-0.1, -0.05) is 0 Å². The molecule has 92 valence electrons. The number of hydrogen-bond acceptors (Lipinski definition) is 5. The Morgan fingerprint density at radius 1 is 1.69 bits per heavy atom. The number of nitrogens with zero attached hydrogens (tertiary/aromatic N) is 1. The van der Waals surface area contributed by atoms with Crippen molar-refractivity contribution in [2.75, 3.05) is 12.9 Å². The van der Waals surface area contributed by atoms with Gasteiger partial charge in [0, 0.05) is 11.3 Å². The number of aromatic nitrogens is 2. The number of H-pyrrole nitrogens is 1. The maximum atomic E-state index is 11.8. The van der Waals surface area contributed by atoms with Gasteiger partial charge in [-0.05, 0) is 19.2 Å². The highest BCUT2D eigenvalue weighted by atomic mass is 32.2. The van der Waals surface area contributed by atoms with Crippen LogP contribution in [0.25, 0.3) is 0 Å². The normalized spacial score (nSPS) is 15.9. The Hall–Kier alpha value is -0.570. The van der Waals surface area contributed by atoms with Gasteiger partial charge in [-0.2, -0.15) is 16.9 Å². The van der Waals surface area contributed by atoms with Gasteiger partial charge in [-0.3, -0.25) is 5.10 Å². The van der Waals surface area contributed by atoms with Crippen molar-refractivity contribution in [2.24, 2.45) is 0 Å². The van der Waals surface area contributed by atoms with Gasteiger partial charge in [0.05, 0.1) is 12.8 Å². The summed E-state index contributed by atoms with van der Waals surface area (Å²) < 4.78 is 26.0. The Morgan fingerprint density at radius 2 is 2.38 bits per heavy atom. The second-order valence-corrected chi connectivity index (χ2v) is 6.05. The lowest BCUT2D eigenvalue weighted by Crippen LogP contribution is -2.41. The smallest absolute Gasteiger partial charge is 0.257 e. The standard InChI is InChI=1S/C8H15N3O3S2/c1-6(7(5-12)15-2)11-16(13,14)8-3-4-9-10-8/h3-4,6-7,11-12H,5H2,1-2H3,(H,9,10). The van der Waals surface area contributed by atoms with Crippen LogP contribution in [0, 0.1) is 0 Å². The van der Waals surface area contributed by atoms with E-state index in [9.17, 15) is 8.42 Å². The summed E-state index contributed by atoms with van der Waals surface area (Å²) in [5, 5.41) is 14.9. The van der Waals surface area contributed by atoms with E-state index in [2.05, 4.69) is 14.9 Å². The number of aromatic amines is 1. The molecule has 1 heterocycles. The molecule has 0 saturated carbocycles. The summed E-state index contributed by atoms with van der Waals surface area (Å²) in [6.07, 6.45) is 3.19.